The van der Waals surface area contributed by atoms with Gasteiger partial charge in [-0.3, -0.25) is 0 Å². The quantitative estimate of drug-likeness (QED) is 0.564. The molecule has 7 heteroatoms. The van der Waals surface area contributed by atoms with Crippen LogP contribution in [-0.2, 0) is 6.54 Å². The predicted molar refractivity (Wildman–Crippen MR) is 111 cm³/mol. The molecule has 1 aliphatic rings. The van der Waals surface area contributed by atoms with Crippen LogP contribution in [0, 0.1) is 0 Å². The minimum Gasteiger partial charge on any atom is -0.492 e. The fourth-order valence-corrected chi connectivity index (χ4v) is 2.68. The number of ether oxygens (including phenoxy) is 3. The summed E-state index contributed by atoms with van der Waals surface area (Å²) in [5, 5.41) is 3.10. The highest BCUT2D eigenvalue weighted by atomic mass is 16.5. The second-order valence-corrected chi connectivity index (χ2v) is 6.84. The number of fused-ring (bicyclic) bond motifs is 1. The lowest BCUT2D eigenvalue weighted by molar-refractivity contribution is 0.261. The molecule has 0 saturated heterocycles. The molecular weight excluding hydrogens is 356 g/mol. The molecule has 0 bridgehead atoms. The molecule has 1 heterocycles. The minimum absolute atomic E-state index is 0.341. The number of hydrogen-bond acceptors (Lipinski definition) is 5. The van der Waals surface area contributed by atoms with E-state index in [9.17, 15) is 0 Å². The van der Waals surface area contributed by atoms with Crippen LogP contribution in [0.15, 0.2) is 47.5 Å². The highest BCUT2D eigenvalue weighted by Gasteiger charge is 2.10. The molecule has 3 N–H and O–H groups in total. The van der Waals surface area contributed by atoms with Crippen molar-refractivity contribution in [2.24, 2.45) is 10.7 Å². The maximum atomic E-state index is 6.04. The topological polar surface area (TPSA) is 81.3 Å². The van der Waals surface area contributed by atoms with Crippen LogP contribution >= 0.6 is 0 Å². The van der Waals surface area contributed by atoms with Crippen LogP contribution in [0.2, 0.25) is 0 Å². The molecule has 0 fully saturated rings. The minimum atomic E-state index is 0.341. The summed E-state index contributed by atoms with van der Waals surface area (Å²) in [6, 6.07) is 13.6. The molecule has 0 atom stereocenters. The van der Waals surface area contributed by atoms with Gasteiger partial charge >= 0.3 is 0 Å². The van der Waals surface area contributed by atoms with Crippen molar-refractivity contribution in [1.82, 2.24) is 4.90 Å². The van der Waals surface area contributed by atoms with Crippen LogP contribution in [0.25, 0.3) is 0 Å². The van der Waals surface area contributed by atoms with Crippen LogP contribution in [0.5, 0.6) is 17.2 Å². The molecule has 0 amide bonds. The average molecular weight is 384 g/mol. The molecule has 7 nitrogen and oxygen atoms in total. The second-order valence-electron chi connectivity index (χ2n) is 6.84. The van der Waals surface area contributed by atoms with Crippen molar-refractivity contribution in [1.29, 1.82) is 0 Å². The number of nitrogens with zero attached hydrogens (tertiary/aromatic N) is 2. The number of rotatable bonds is 7. The van der Waals surface area contributed by atoms with Gasteiger partial charge in [-0.1, -0.05) is 12.1 Å². The normalized spacial score (nSPS) is 13.9. The van der Waals surface area contributed by atoms with Crippen molar-refractivity contribution < 1.29 is 14.2 Å². The molecule has 28 heavy (non-hydrogen) atoms. The van der Waals surface area contributed by atoms with Gasteiger partial charge in [-0.15, -0.1) is 0 Å². The van der Waals surface area contributed by atoms with Gasteiger partial charge in [0.25, 0.3) is 0 Å². The van der Waals surface area contributed by atoms with Crippen LogP contribution in [0.4, 0.5) is 5.69 Å². The predicted octanol–water partition coefficient (Wildman–Crippen LogP) is 2.72. The zero-order valence-electron chi connectivity index (χ0n) is 16.5. The van der Waals surface area contributed by atoms with E-state index in [1.54, 1.807) is 0 Å². The van der Waals surface area contributed by atoms with Crippen molar-refractivity contribution >= 4 is 11.6 Å². The molecule has 3 rings (SSSR count). The first-order chi connectivity index (χ1) is 13.6. The van der Waals surface area contributed by atoms with E-state index in [4.69, 9.17) is 19.9 Å². The highest BCUT2D eigenvalue weighted by molar-refractivity contribution is 5.92. The highest BCUT2D eigenvalue weighted by Crippen LogP contribution is 2.32. The molecule has 0 saturated carbocycles. The smallest absolute Gasteiger partial charge is 0.193 e. The Labute approximate surface area is 166 Å². The Balaban J connectivity index is 1.56. The summed E-state index contributed by atoms with van der Waals surface area (Å²) in [5.74, 6) is 2.65. The van der Waals surface area contributed by atoms with Gasteiger partial charge in [0.05, 0.1) is 19.8 Å². The van der Waals surface area contributed by atoms with Gasteiger partial charge in [0, 0.05) is 24.7 Å². The summed E-state index contributed by atoms with van der Waals surface area (Å²) >= 11 is 0. The third-order valence-corrected chi connectivity index (χ3v) is 4.16. The van der Waals surface area contributed by atoms with Crippen molar-refractivity contribution in [2.75, 3.05) is 45.8 Å². The SMILES string of the molecule is CN(C)CCOc1cccc(CN=C(N)Nc2ccc3c(c2)OCCCO3)c1. The van der Waals surface area contributed by atoms with Crippen molar-refractivity contribution in [3.05, 3.63) is 48.0 Å². The fraction of sp³-hybridized carbons (Fsp3) is 0.381. The molecular formula is C21H28N4O3. The van der Waals surface area contributed by atoms with E-state index >= 15 is 0 Å². The molecule has 1 aliphatic heterocycles. The molecule has 0 radical (unpaired) electrons. The van der Waals surface area contributed by atoms with E-state index in [1.165, 1.54) is 0 Å². The van der Waals surface area contributed by atoms with Gasteiger partial charge in [0.1, 0.15) is 12.4 Å². The molecule has 2 aromatic rings. The second kappa shape index (κ2) is 9.85. The Bertz CT molecular complexity index is 808. The molecule has 150 valence electrons. The van der Waals surface area contributed by atoms with Crippen molar-refractivity contribution in [3.8, 4) is 17.2 Å². The van der Waals surface area contributed by atoms with E-state index in [0.717, 1.165) is 41.5 Å². The summed E-state index contributed by atoms with van der Waals surface area (Å²) in [5.41, 5.74) is 7.89. The largest absolute Gasteiger partial charge is 0.492 e. The van der Waals surface area contributed by atoms with Crippen molar-refractivity contribution in [2.45, 2.75) is 13.0 Å². The number of nitrogens with two attached hydrogens (primary N) is 1. The molecule has 0 spiro atoms. The zero-order valence-corrected chi connectivity index (χ0v) is 16.5. The summed E-state index contributed by atoms with van der Waals surface area (Å²) in [4.78, 5) is 6.50. The van der Waals surface area contributed by atoms with Crippen LogP contribution in [0.3, 0.4) is 0 Å². The van der Waals surface area contributed by atoms with Gasteiger partial charge in [-0.05, 0) is 43.9 Å². The number of hydrogen-bond donors (Lipinski definition) is 2. The number of anilines is 1. The van der Waals surface area contributed by atoms with Gasteiger partial charge in [-0.25, -0.2) is 4.99 Å². The summed E-state index contributed by atoms with van der Waals surface area (Å²) in [7, 11) is 4.04. The monoisotopic (exact) mass is 384 g/mol. The summed E-state index contributed by atoms with van der Waals surface area (Å²) < 4.78 is 17.1. The average Bonchev–Trinajstić information content (AvgIpc) is 2.91. The summed E-state index contributed by atoms with van der Waals surface area (Å²) in [6.45, 7) is 3.30. The van der Waals surface area contributed by atoms with Crippen molar-refractivity contribution in [3.63, 3.8) is 0 Å². The molecule has 0 aliphatic carbocycles. The Hall–Kier alpha value is -2.93. The fourth-order valence-electron chi connectivity index (χ4n) is 2.68. The van der Waals surface area contributed by atoms with Crippen LogP contribution < -0.4 is 25.3 Å². The molecule has 0 unspecified atom stereocenters. The third-order valence-electron chi connectivity index (χ3n) is 4.16. The van der Waals surface area contributed by atoms with E-state index in [2.05, 4.69) is 15.2 Å². The lowest BCUT2D eigenvalue weighted by Crippen LogP contribution is -2.22. The Morgan fingerprint density at radius 2 is 1.96 bits per heavy atom. The Morgan fingerprint density at radius 1 is 1.14 bits per heavy atom. The first-order valence-electron chi connectivity index (χ1n) is 9.43. The number of benzene rings is 2. The lowest BCUT2D eigenvalue weighted by Gasteiger charge is -2.12. The zero-order chi connectivity index (χ0) is 19.8. The van der Waals surface area contributed by atoms with Gasteiger partial charge in [-0.2, -0.15) is 0 Å². The Kier molecular flexibility index (Phi) is 6.97. The maximum Gasteiger partial charge on any atom is 0.193 e. The Morgan fingerprint density at radius 3 is 2.79 bits per heavy atom. The number of nitrogens with one attached hydrogen (secondary N) is 1. The van der Waals surface area contributed by atoms with E-state index in [1.807, 2.05) is 56.6 Å². The first-order valence-corrected chi connectivity index (χ1v) is 9.43. The third kappa shape index (κ3) is 6.06. The van der Waals surface area contributed by atoms with E-state index < -0.39 is 0 Å². The summed E-state index contributed by atoms with van der Waals surface area (Å²) in [6.07, 6.45) is 0.874. The molecule has 0 aromatic heterocycles. The van der Waals surface area contributed by atoms with Crippen LogP contribution in [-0.4, -0.2) is 51.3 Å². The number of aliphatic imine (C=N–C) groups is 1. The van der Waals surface area contributed by atoms with E-state index in [0.29, 0.717) is 32.3 Å². The standard InChI is InChI=1S/C21H28N4O3/c1-25(2)9-12-26-18-6-3-5-16(13-18)15-23-21(22)24-17-7-8-19-20(14-17)28-11-4-10-27-19/h3,5-8,13-14H,4,9-12,15H2,1-2H3,(H3,22,23,24). The number of likely N-dealkylation sites (N-methyl/N-ethyl adjacent to an activating group) is 1. The maximum absolute atomic E-state index is 6.04. The van der Waals surface area contributed by atoms with Gasteiger partial charge < -0.3 is 30.2 Å². The van der Waals surface area contributed by atoms with Crippen LogP contribution in [0.1, 0.15) is 12.0 Å². The lowest BCUT2D eigenvalue weighted by atomic mass is 10.2. The van der Waals surface area contributed by atoms with Gasteiger partial charge in [0.2, 0.25) is 0 Å². The number of guanidine groups is 1. The van der Waals surface area contributed by atoms with E-state index in [-0.39, 0.29) is 0 Å². The van der Waals surface area contributed by atoms with Gasteiger partial charge in [0.15, 0.2) is 17.5 Å². The first kappa shape index (κ1) is 19.8. The molecule has 2 aromatic carbocycles.